The first-order valence-electron chi connectivity index (χ1n) is 5.56. The van der Waals surface area contributed by atoms with Crippen LogP contribution < -0.4 is 5.32 Å². The molecular formula is C14H11BrClNO2. The molecule has 0 amide bonds. The second-order valence-corrected chi connectivity index (χ2v) is 5.33. The van der Waals surface area contributed by atoms with Crippen LogP contribution in [0.25, 0.3) is 0 Å². The van der Waals surface area contributed by atoms with Crippen LogP contribution in [-0.4, -0.2) is 11.1 Å². The molecule has 3 nitrogen and oxygen atoms in total. The Morgan fingerprint density at radius 3 is 2.58 bits per heavy atom. The average Bonchev–Trinajstić information content (AvgIpc) is 2.35. The molecule has 0 aliphatic heterocycles. The Bertz CT molecular complexity index is 604. The first-order chi connectivity index (χ1) is 9.06. The molecule has 0 fully saturated rings. The number of carbonyl (C=O) groups is 1. The van der Waals surface area contributed by atoms with Gasteiger partial charge in [-0.05, 0) is 35.9 Å². The van der Waals surface area contributed by atoms with Crippen molar-refractivity contribution in [2.45, 2.75) is 6.04 Å². The minimum absolute atomic E-state index is 0.559. The van der Waals surface area contributed by atoms with Gasteiger partial charge in [-0.25, -0.2) is 4.79 Å². The number of carboxylic acids is 1. The first-order valence-corrected chi connectivity index (χ1v) is 6.74. The minimum Gasteiger partial charge on any atom is -0.479 e. The standard InChI is InChI=1S/C14H11BrClNO2/c15-10-4-1-3-9(7-10)13(14(18)19)17-12-6-2-5-11(16)8-12/h1-8,13,17H,(H,18,19). The molecule has 2 aromatic carbocycles. The van der Waals surface area contributed by atoms with Gasteiger partial charge in [0.2, 0.25) is 0 Å². The zero-order chi connectivity index (χ0) is 13.8. The molecule has 2 N–H and O–H groups in total. The highest BCUT2D eigenvalue weighted by Gasteiger charge is 2.19. The van der Waals surface area contributed by atoms with E-state index in [4.69, 9.17) is 11.6 Å². The van der Waals surface area contributed by atoms with Gasteiger partial charge >= 0.3 is 5.97 Å². The molecule has 98 valence electrons. The minimum atomic E-state index is -0.946. The van der Waals surface area contributed by atoms with Gasteiger partial charge in [-0.1, -0.05) is 45.7 Å². The molecule has 0 aliphatic rings. The zero-order valence-electron chi connectivity index (χ0n) is 9.81. The van der Waals surface area contributed by atoms with Gasteiger partial charge in [0, 0.05) is 15.2 Å². The number of anilines is 1. The van der Waals surface area contributed by atoms with Gasteiger partial charge in [-0.2, -0.15) is 0 Å². The summed E-state index contributed by atoms with van der Waals surface area (Å²) in [5, 5.41) is 12.9. The summed E-state index contributed by atoms with van der Waals surface area (Å²) in [6.45, 7) is 0. The van der Waals surface area contributed by atoms with Crippen molar-refractivity contribution in [1.29, 1.82) is 0 Å². The summed E-state index contributed by atoms with van der Waals surface area (Å²) < 4.78 is 0.837. The van der Waals surface area contributed by atoms with Crippen LogP contribution in [0.15, 0.2) is 53.0 Å². The predicted molar refractivity (Wildman–Crippen MR) is 79.6 cm³/mol. The summed E-state index contributed by atoms with van der Waals surface area (Å²) in [6, 6.07) is 13.3. The molecule has 0 saturated heterocycles. The van der Waals surface area contributed by atoms with E-state index >= 15 is 0 Å². The van der Waals surface area contributed by atoms with Crippen LogP contribution in [0.1, 0.15) is 11.6 Å². The number of hydrogen-bond acceptors (Lipinski definition) is 2. The number of carboxylic acid groups (broad SMARTS) is 1. The number of aliphatic carboxylic acids is 1. The van der Waals surface area contributed by atoms with E-state index in [-0.39, 0.29) is 0 Å². The Kier molecular flexibility index (Phi) is 4.45. The van der Waals surface area contributed by atoms with Crippen LogP contribution in [0, 0.1) is 0 Å². The van der Waals surface area contributed by atoms with Crippen molar-refractivity contribution in [2.75, 3.05) is 5.32 Å². The highest BCUT2D eigenvalue weighted by molar-refractivity contribution is 9.10. The highest BCUT2D eigenvalue weighted by Crippen LogP contribution is 2.24. The number of nitrogens with one attached hydrogen (secondary N) is 1. The van der Waals surface area contributed by atoms with E-state index in [2.05, 4.69) is 21.2 Å². The van der Waals surface area contributed by atoms with Crippen molar-refractivity contribution in [3.05, 3.63) is 63.6 Å². The molecule has 0 aliphatic carbocycles. The van der Waals surface area contributed by atoms with Crippen molar-refractivity contribution in [2.24, 2.45) is 0 Å². The Hall–Kier alpha value is -1.52. The van der Waals surface area contributed by atoms with E-state index in [1.165, 1.54) is 0 Å². The normalized spacial score (nSPS) is 11.9. The number of halogens is 2. The van der Waals surface area contributed by atoms with Gasteiger partial charge in [0.25, 0.3) is 0 Å². The monoisotopic (exact) mass is 339 g/mol. The Morgan fingerprint density at radius 1 is 1.21 bits per heavy atom. The second kappa shape index (κ2) is 6.08. The van der Waals surface area contributed by atoms with Gasteiger partial charge in [-0.15, -0.1) is 0 Å². The van der Waals surface area contributed by atoms with Gasteiger partial charge < -0.3 is 10.4 Å². The summed E-state index contributed by atoms with van der Waals surface area (Å²) in [5.74, 6) is -0.946. The molecule has 0 aromatic heterocycles. The quantitative estimate of drug-likeness (QED) is 0.870. The third-order valence-electron chi connectivity index (χ3n) is 2.56. The summed E-state index contributed by atoms with van der Waals surface area (Å²) in [5.41, 5.74) is 1.33. The van der Waals surface area contributed by atoms with E-state index in [0.29, 0.717) is 16.3 Å². The molecule has 1 atom stereocenters. The number of hydrogen-bond donors (Lipinski definition) is 2. The van der Waals surface area contributed by atoms with Gasteiger partial charge in [-0.3, -0.25) is 0 Å². The lowest BCUT2D eigenvalue weighted by Gasteiger charge is -2.16. The maximum atomic E-state index is 11.4. The first kappa shape index (κ1) is 13.9. The van der Waals surface area contributed by atoms with Crippen molar-refractivity contribution >= 4 is 39.2 Å². The topological polar surface area (TPSA) is 49.3 Å². The molecule has 0 bridgehead atoms. The van der Waals surface area contributed by atoms with Crippen LogP contribution in [-0.2, 0) is 4.79 Å². The lowest BCUT2D eigenvalue weighted by Crippen LogP contribution is -2.20. The number of rotatable bonds is 4. The summed E-state index contributed by atoms with van der Waals surface area (Å²) >= 11 is 9.22. The molecule has 2 aromatic rings. The molecule has 19 heavy (non-hydrogen) atoms. The third kappa shape index (κ3) is 3.72. The number of benzene rings is 2. The predicted octanol–water partition coefficient (Wildman–Crippen LogP) is 4.34. The van der Waals surface area contributed by atoms with Gasteiger partial charge in [0.05, 0.1) is 0 Å². The Labute approximate surface area is 124 Å². The van der Waals surface area contributed by atoms with E-state index < -0.39 is 12.0 Å². The molecule has 0 heterocycles. The second-order valence-electron chi connectivity index (χ2n) is 3.98. The van der Waals surface area contributed by atoms with Gasteiger partial charge in [0.1, 0.15) is 0 Å². The SMILES string of the molecule is O=C(O)C(Nc1cccc(Cl)c1)c1cccc(Br)c1. The molecular weight excluding hydrogens is 330 g/mol. The smallest absolute Gasteiger partial charge is 0.330 e. The molecule has 0 spiro atoms. The zero-order valence-corrected chi connectivity index (χ0v) is 12.1. The summed E-state index contributed by atoms with van der Waals surface area (Å²) in [7, 11) is 0. The van der Waals surface area contributed by atoms with Gasteiger partial charge in [0.15, 0.2) is 6.04 Å². The lowest BCUT2D eigenvalue weighted by molar-refractivity contribution is -0.138. The third-order valence-corrected chi connectivity index (χ3v) is 3.29. The lowest BCUT2D eigenvalue weighted by atomic mass is 10.1. The largest absolute Gasteiger partial charge is 0.479 e. The van der Waals surface area contributed by atoms with Crippen molar-refractivity contribution in [1.82, 2.24) is 0 Å². The van der Waals surface area contributed by atoms with Crippen molar-refractivity contribution < 1.29 is 9.90 Å². The van der Waals surface area contributed by atoms with E-state index in [1.54, 1.807) is 42.5 Å². The molecule has 1 unspecified atom stereocenters. The van der Waals surface area contributed by atoms with Crippen LogP contribution in [0.3, 0.4) is 0 Å². The molecule has 0 saturated carbocycles. The fourth-order valence-electron chi connectivity index (χ4n) is 1.72. The van der Waals surface area contributed by atoms with E-state index in [1.807, 2.05) is 6.07 Å². The van der Waals surface area contributed by atoms with Crippen molar-refractivity contribution in [3.8, 4) is 0 Å². The fourth-order valence-corrected chi connectivity index (χ4v) is 2.33. The molecule has 0 radical (unpaired) electrons. The Balaban J connectivity index is 2.29. The maximum Gasteiger partial charge on any atom is 0.330 e. The molecule has 5 heteroatoms. The maximum absolute atomic E-state index is 11.4. The van der Waals surface area contributed by atoms with E-state index in [9.17, 15) is 9.90 Å². The highest BCUT2D eigenvalue weighted by atomic mass is 79.9. The van der Waals surface area contributed by atoms with E-state index in [0.717, 1.165) is 4.47 Å². The summed E-state index contributed by atoms with van der Waals surface area (Å²) in [6.07, 6.45) is 0. The van der Waals surface area contributed by atoms with Crippen LogP contribution >= 0.6 is 27.5 Å². The van der Waals surface area contributed by atoms with Crippen LogP contribution in [0.4, 0.5) is 5.69 Å². The van der Waals surface area contributed by atoms with Crippen LogP contribution in [0.5, 0.6) is 0 Å². The summed E-state index contributed by atoms with van der Waals surface area (Å²) in [4.78, 5) is 11.4. The van der Waals surface area contributed by atoms with Crippen molar-refractivity contribution in [3.63, 3.8) is 0 Å². The van der Waals surface area contributed by atoms with Crippen LogP contribution in [0.2, 0.25) is 5.02 Å². The fraction of sp³-hybridized carbons (Fsp3) is 0.0714. The molecule has 2 rings (SSSR count). The average molecular weight is 341 g/mol. The Morgan fingerprint density at radius 2 is 1.95 bits per heavy atom.